The van der Waals surface area contributed by atoms with Gasteiger partial charge in [0.15, 0.2) is 0 Å². The molecule has 0 spiro atoms. The largest absolute Gasteiger partial charge is 0.368 e. The van der Waals surface area contributed by atoms with Gasteiger partial charge in [-0.15, -0.1) is 12.4 Å². The van der Waals surface area contributed by atoms with E-state index >= 15 is 0 Å². The van der Waals surface area contributed by atoms with Crippen LogP contribution in [0.1, 0.15) is 18.4 Å². The zero-order valence-corrected chi connectivity index (χ0v) is 15.1. The van der Waals surface area contributed by atoms with Crippen molar-refractivity contribution in [1.82, 2.24) is 9.80 Å². The standard InChI is InChI=1S/C18H25N3O3.ClH/c19-15(13-14-5-2-1-3-6-14)17(22)20-8-10-21(11-9-20)18(23)16-7-4-12-24-16;/h1-3,5-6,15-16H,4,7-13,19H2;1H. The van der Waals surface area contributed by atoms with E-state index in [1.807, 2.05) is 35.2 Å². The van der Waals surface area contributed by atoms with Crippen LogP contribution in [0.5, 0.6) is 0 Å². The Morgan fingerprint density at radius 2 is 1.76 bits per heavy atom. The lowest BCUT2D eigenvalue weighted by molar-refractivity contribution is -0.146. The molecule has 0 saturated carbocycles. The van der Waals surface area contributed by atoms with E-state index in [1.165, 1.54) is 0 Å². The van der Waals surface area contributed by atoms with Crippen molar-refractivity contribution in [2.75, 3.05) is 32.8 Å². The maximum Gasteiger partial charge on any atom is 0.251 e. The number of benzene rings is 1. The Kier molecular flexibility index (Phi) is 7.23. The first-order valence-electron chi connectivity index (χ1n) is 8.64. The van der Waals surface area contributed by atoms with Crippen LogP contribution in [-0.4, -0.2) is 66.5 Å². The molecule has 2 amide bonds. The Balaban J connectivity index is 0.00000225. The SMILES string of the molecule is Cl.NC(Cc1ccccc1)C(=O)N1CCN(C(=O)C2CCCO2)CC1. The summed E-state index contributed by atoms with van der Waals surface area (Å²) in [5.41, 5.74) is 7.14. The second kappa shape index (κ2) is 9.17. The van der Waals surface area contributed by atoms with Crippen LogP contribution < -0.4 is 5.73 Å². The minimum absolute atomic E-state index is 0. The number of ether oxygens (including phenoxy) is 1. The van der Waals surface area contributed by atoms with Gasteiger partial charge >= 0.3 is 0 Å². The molecule has 2 atom stereocenters. The zero-order chi connectivity index (χ0) is 16.9. The van der Waals surface area contributed by atoms with Crippen LogP contribution in [0.4, 0.5) is 0 Å². The molecule has 2 aliphatic rings. The van der Waals surface area contributed by atoms with Crippen molar-refractivity contribution >= 4 is 24.2 Å². The number of halogens is 1. The molecule has 1 aromatic carbocycles. The normalized spacial score (nSPS) is 21.6. The molecule has 2 unspecified atom stereocenters. The topological polar surface area (TPSA) is 75.9 Å². The van der Waals surface area contributed by atoms with Gasteiger partial charge in [-0.2, -0.15) is 0 Å². The monoisotopic (exact) mass is 367 g/mol. The summed E-state index contributed by atoms with van der Waals surface area (Å²) in [6, 6.07) is 9.26. The van der Waals surface area contributed by atoms with Crippen molar-refractivity contribution in [3.8, 4) is 0 Å². The Labute approximate surface area is 154 Å². The predicted molar refractivity (Wildman–Crippen MR) is 97.5 cm³/mol. The minimum atomic E-state index is -0.534. The highest BCUT2D eigenvalue weighted by molar-refractivity contribution is 5.85. The summed E-state index contributed by atoms with van der Waals surface area (Å²) >= 11 is 0. The summed E-state index contributed by atoms with van der Waals surface area (Å²) in [5, 5.41) is 0. The van der Waals surface area contributed by atoms with Crippen LogP contribution in [0.2, 0.25) is 0 Å². The fourth-order valence-corrected chi connectivity index (χ4v) is 3.31. The number of rotatable bonds is 4. The van der Waals surface area contributed by atoms with E-state index in [0.717, 1.165) is 18.4 Å². The molecule has 0 aliphatic carbocycles. The van der Waals surface area contributed by atoms with Crippen LogP contribution in [-0.2, 0) is 20.7 Å². The maximum absolute atomic E-state index is 12.5. The highest BCUT2D eigenvalue weighted by atomic mass is 35.5. The van der Waals surface area contributed by atoms with Gasteiger partial charge in [0.2, 0.25) is 5.91 Å². The van der Waals surface area contributed by atoms with Gasteiger partial charge in [-0.25, -0.2) is 0 Å². The number of carbonyl (C=O) groups excluding carboxylic acids is 2. The average molecular weight is 368 g/mol. The quantitative estimate of drug-likeness (QED) is 0.855. The molecular formula is C18H26ClN3O3. The van der Waals surface area contributed by atoms with E-state index in [9.17, 15) is 9.59 Å². The van der Waals surface area contributed by atoms with Crippen LogP contribution in [0, 0.1) is 0 Å². The van der Waals surface area contributed by atoms with Gasteiger partial charge in [0.05, 0.1) is 6.04 Å². The summed E-state index contributed by atoms with van der Waals surface area (Å²) < 4.78 is 5.46. The molecule has 0 radical (unpaired) electrons. The summed E-state index contributed by atoms with van der Waals surface area (Å²) in [5.74, 6) is 0.0243. The van der Waals surface area contributed by atoms with Crippen molar-refractivity contribution in [2.24, 2.45) is 5.73 Å². The lowest BCUT2D eigenvalue weighted by Gasteiger charge is -2.36. The molecule has 0 aromatic heterocycles. The van der Waals surface area contributed by atoms with Gasteiger partial charge in [0, 0.05) is 32.8 Å². The van der Waals surface area contributed by atoms with E-state index < -0.39 is 6.04 Å². The molecule has 2 fully saturated rings. The van der Waals surface area contributed by atoms with E-state index in [4.69, 9.17) is 10.5 Å². The number of piperazine rings is 1. The molecule has 0 bridgehead atoms. The highest BCUT2D eigenvalue weighted by Gasteiger charge is 2.32. The Morgan fingerprint density at radius 1 is 1.12 bits per heavy atom. The van der Waals surface area contributed by atoms with Crippen molar-refractivity contribution in [3.63, 3.8) is 0 Å². The maximum atomic E-state index is 12.5. The fraction of sp³-hybridized carbons (Fsp3) is 0.556. The first-order valence-corrected chi connectivity index (χ1v) is 8.64. The highest BCUT2D eigenvalue weighted by Crippen LogP contribution is 2.16. The lowest BCUT2D eigenvalue weighted by Crippen LogP contribution is -2.56. The molecule has 2 saturated heterocycles. The fourth-order valence-electron chi connectivity index (χ4n) is 3.31. The van der Waals surface area contributed by atoms with Gasteiger partial charge in [-0.05, 0) is 24.8 Å². The van der Waals surface area contributed by atoms with E-state index in [1.54, 1.807) is 4.90 Å². The summed E-state index contributed by atoms with van der Waals surface area (Å²) in [6.45, 7) is 2.87. The molecule has 7 heteroatoms. The van der Waals surface area contributed by atoms with Crippen molar-refractivity contribution in [3.05, 3.63) is 35.9 Å². The molecule has 2 aliphatic heterocycles. The number of nitrogens with two attached hydrogens (primary N) is 1. The smallest absolute Gasteiger partial charge is 0.251 e. The Morgan fingerprint density at radius 3 is 2.36 bits per heavy atom. The molecule has 2 heterocycles. The van der Waals surface area contributed by atoms with Crippen LogP contribution in [0.15, 0.2) is 30.3 Å². The first-order chi connectivity index (χ1) is 11.6. The number of nitrogens with zero attached hydrogens (tertiary/aromatic N) is 2. The average Bonchev–Trinajstić information content (AvgIpc) is 3.16. The number of carbonyl (C=O) groups is 2. The third-order valence-electron chi connectivity index (χ3n) is 4.72. The Bertz CT molecular complexity index is 570. The van der Waals surface area contributed by atoms with Gasteiger partial charge in [0.1, 0.15) is 6.10 Å². The van der Waals surface area contributed by atoms with Crippen molar-refractivity contribution in [1.29, 1.82) is 0 Å². The van der Waals surface area contributed by atoms with Crippen molar-refractivity contribution in [2.45, 2.75) is 31.4 Å². The van der Waals surface area contributed by atoms with Crippen LogP contribution in [0.25, 0.3) is 0 Å². The van der Waals surface area contributed by atoms with Gasteiger partial charge in [-0.1, -0.05) is 30.3 Å². The second-order valence-electron chi connectivity index (χ2n) is 6.45. The van der Waals surface area contributed by atoms with Gasteiger partial charge < -0.3 is 20.3 Å². The zero-order valence-electron chi connectivity index (χ0n) is 14.3. The molecule has 25 heavy (non-hydrogen) atoms. The second-order valence-corrected chi connectivity index (χ2v) is 6.45. The van der Waals surface area contributed by atoms with E-state index in [0.29, 0.717) is 39.2 Å². The number of amides is 2. The lowest BCUT2D eigenvalue weighted by atomic mass is 10.1. The van der Waals surface area contributed by atoms with Gasteiger partial charge in [-0.3, -0.25) is 9.59 Å². The third kappa shape index (κ3) is 4.93. The van der Waals surface area contributed by atoms with E-state index in [2.05, 4.69) is 0 Å². The van der Waals surface area contributed by atoms with Crippen LogP contribution in [0.3, 0.4) is 0 Å². The minimum Gasteiger partial charge on any atom is -0.368 e. The summed E-state index contributed by atoms with van der Waals surface area (Å²) in [7, 11) is 0. The van der Waals surface area contributed by atoms with Gasteiger partial charge in [0.25, 0.3) is 5.91 Å². The molecule has 3 rings (SSSR count). The molecule has 138 valence electrons. The van der Waals surface area contributed by atoms with E-state index in [-0.39, 0.29) is 30.3 Å². The number of hydrogen-bond acceptors (Lipinski definition) is 4. The number of hydrogen-bond donors (Lipinski definition) is 1. The summed E-state index contributed by atoms with van der Waals surface area (Å²) in [4.78, 5) is 28.4. The van der Waals surface area contributed by atoms with Crippen molar-refractivity contribution < 1.29 is 14.3 Å². The Hall–Kier alpha value is -1.63. The third-order valence-corrected chi connectivity index (χ3v) is 4.72. The predicted octanol–water partition coefficient (Wildman–Crippen LogP) is 0.828. The summed E-state index contributed by atoms with van der Waals surface area (Å²) in [6.07, 6.45) is 2.00. The molecule has 2 N–H and O–H groups in total. The van der Waals surface area contributed by atoms with Crippen LogP contribution >= 0.6 is 12.4 Å². The molecule has 1 aromatic rings. The molecular weight excluding hydrogens is 342 g/mol. The molecule has 6 nitrogen and oxygen atoms in total. The first kappa shape index (κ1) is 19.7.